The molecule has 1 heterocycles. The van der Waals surface area contributed by atoms with E-state index in [2.05, 4.69) is 26.2 Å². The third kappa shape index (κ3) is 4.46. The maximum atomic E-state index is 11.9. The zero-order valence-electron chi connectivity index (χ0n) is 11.3. The summed E-state index contributed by atoms with van der Waals surface area (Å²) in [6.07, 6.45) is 4.73. The molecule has 0 spiro atoms. The van der Waals surface area contributed by atoms with Crippen molar-refractivity contribution in [2.45, 2.75) is 25.8 Å². The normalized spacial score (nSPS) is 11.9. The van der Waals surface area contributed by atoms with E-state index in [1.807, 2.05) is 43.3 Å². The minimum absolute atomic E-state index is 0.0151. The van der Waals surface area contributed by atoms with Crippen LogP contribution in [0.3, 0.4) is 0 Å². The van der Waals surface area contributed by atoms with Crippen molar-refractivity contribution in [1.82, 2.24) is 10.3 Å². The number of rotatable bonds is 5. The van der Waals surface area contributed by atoms with Gasteiger partial charge in [-0.3, -0.25) is 9.78 Å². The first kappa shape index (κ1) is 14.7. The molecule has 0 saturated carbocycles. The topological polar surface area (TPSA) is 42.0 Å². The molecule has 1 unspecified atom stereocenters. The standard InChI is InChI=1S/C16H17BrN2O/c1-12(14-5-3-9-18-11-14)19-16(20)8-7-13-4-2-6-15(17)10-13/h2-6,9-12H,7-8H2,1H3,(H,19,20). The number of aryl methyl sites for hydroxylation is 1. The first-order valence-corrected chi connectivity index (χ1v) is 7.38. The highest BCUT2D eigenvalue weighted by atomic mass is 79.9. The Morgan fingerprint density at radius 1 is 1.35 bits per heavy atom. The Hall–Kier alpha value is -1.68. The Balaban J connectivity index is 1.84. The van der Waals surface area contributed by atoms with Gasteiger partial charge in [0, 0.05) is 23.3 Å². The summed E-state index contributed by atoms with van der Waals surface area (Å²) < 4.78 is 1.04. The van der Waals surface area contributed by atoms with E-state index in [0.717, 1.165) is 22.0 Å². The van der Waals surface area contributed by atoms with Crippen molar-refractivity contribution < 1.29 is 4.79 Å². The molecule has 0 aliphatic carbocycles. The van der Waals surface area contributed by atoms with Crippen LogP contribution in [0.25, 0.3) is 0 Å². The second-order valence-corrected chi connectivity index (χ2v) is 5.62. The Bertz CT molecular complexity index is 572. The van der Waals surface area contributed by atoms with Crippen molar-refractivity contribution in [3.8, 4) is 0 Å². The zero-order valence-corrected chi connectivity index (χ0v) is 12.9. The highest BCUT2D eigenvalue weighted by Crippen LogP contribution is 2.14. The molecule has 3 nitrogen and oxygen atoms in total. The fourth-order valence-corrected chi connectivity index (χ4v) is 2.43. The van der Waals surface area contributed by atoms with Gasteiger partial charge in [-0.25, -0.2) is 0 Å². The zero-order chi connectivity index (χ0) is 14.4. The number of aromatic nitrogens is 1. The first-order chi connectivity index (χ1) is 9.65. The van der Waals surface area contributed by atoms with Gasteiger partial charge in [0.05, 0.1) is 6.04 Å². The van der Waals surface area contributed by atoms with Crippen molar-refractivity contribution in [3.63, 3.8) is 0 Å². The van der Waals surface area contributed by atoms with Crippen LogP contribution in [0.4, 0.5) is 0 Å². The maximum Gasteiger partial charge on any atom is 0.220 e. The molecule has 0 bridgehead atoms. The average molecular weight is 333 g/mol. The van der Waals surface area contributed by atoms with Crippen LogP contribution in [0, 0.1) is 0 Å². The molecule has 1 atom stereocenters. The van der Waals surface area contributed by atoms with Crippen LogP contribution in [0.5, 0.6) is 0 Å². The third-order valence-corrected chi connectivity index (χ3v) is 3.58. The highest BCUT2D eigenvalue weighted by Gasteiger charge is 2.09. The number of nitrogens with one attached hydrogen (secondary N) is 1. The average Bonchev–Trinajstić information content (AvgIpc) is 2.46. The largest absolute Gasteiger partial charge is 0.350 e. The van der Waals surface area contributed by atoms with E-state index in [1.165, 1.54) is 0 Å². The van der Waals surface area contributed by atoms with E-state index >= 15 is 0 Å². The van der Waals surface area contributed by atoms with Gasteiger partial charge in [-0.05, 0) is 42.7 Å². The van der Waals surface area contributed by atoms with Crippen LogP contribution in [-0.4, -0.2) is 10.9 Å². The molecule has 1 amide bonds. The molecule has 0 fully saturated rings. The summed E-state index contributed by atoms with van der Waals surface area (Å²) in [5.41, 5.74) is 2.17. The maximum absolute atomic E-state index is 11.9. The van der Waals surface area contributed by atoms with E-state index in [0.29, 0.717) is 6.42 Å². The van der Waals surface area contributed by atoms with Crippen LogP contribution in [-0.2, 0) is 11.2 Å². The van der Waals surface area contributed by atoms with Crippen LogP contribution < -0.4 is 5.32 Å². The molecule has 0 aliphatic heterocycles. The number of halogens is 1. The molecule has 0 radical (unpaired) electrons. The van der Waals surface area contributed by atoms with Gasteiger partial charge in [0.15, 0.2) is 0 Å². The van der Waals surface area contributed by atoms with E-state index in [4.69, 9.17) is 0 Å². The Labute approximate surface area is 127 Å². The number of pyridine rings is 1. The second-order valence-electron chi connectivity index (χ2n) is 4.71. The minimum atomic E-state index is -0.0151. The lowest BCUT2D eigenvalue weighted by molar-refractivity contribution is -0.121. The smallest absolute Gasteiger partial charge is 0.220 e. The SMILES string of the molecule is CC(NC(=O)CCc1cccc(Br)c1)c1cccnc1. The van der Waals surface area contributed by atoms with Gasteiger partial charge >= 0.3 is 0 Å². The van der Waals surface area contributed by atoms with Crippen molar-refractivity contribution >= 4 is 21.8 Å². The van der Waals surface area contributed by atoms with E-state index in [-0.39, 0.29) is 11.9 Å². The molecule has 2 aromatic rings. The van der Waals surface area contributed by atoms with Gasteiger partial charge in [0.2, 0.25) is 5.91 Å². The fourth-order valence-electron chi connectivity index (χ4n) is 1.98. The molecule has 4 heteroatoms. The van der Waals surface area contributed by atoms with E-state index in [1.54, 1.807) is 12.4 Å². The summed E-state index contributed by atoms with van der Waals surface area (Å²) in [4.78, 5) is 16.0. The molecule has 20 heavy (non-hydrogen) atoms. The van der Waals surface area contributed by atoms with Gasteiger partial charge in [-0.2, -0.15) is 0 Å². The number of hydrogen-bond donors (Lipinski definition) is 1. The van der Waals surface area contributed by atoms with Crippen LogP contribution >= 0.6 is 15.9 Å². The van der Waals surface area contributed by atoms with Gasteiger partial charge in [-0.1, -0.05) is 34.1 Å². The van der Waals surface area contributed by atoms with Gasteiger partial charge in [0.1, 0.15) is 0 Å². The summed E-state index contributed by atoms with van der Waals surface area (Å²) in [5, 5.41) is 2.99. The monoisotopic (exact) mass is 332 g/mol. The van der Waals surface area contributed by atoms with Crippen molar-refractivity contribution in [2.24, 2.45) is 0 Å². The Morgan fingerprint density at radius 3 is 2.90 bits per heavy atom. The fraction of sp³-hybridized carbons (Fsp3) is 0.250. The number of benzene rings is 1. The Morgan fingerprint density at radius 2 is 2.20 bits per heavy atom. The van der Waals surface area contributed by atoms with E-state index in [9.17, 15) is 4.79 Å². The quantitative estimate of drug-likeness (QED) is 0.907. The molecule has 0 saturated heterocycles. The molecule has 104 valence electrons. The number of carbonyl (C=O) groups excluding carboxylic acids is 1. The number of nitrogens with zero attached hydrogens (tertiary/aromatic N) is 1. The predicted molar refractivity (Wildman–Crippen MR) is 83.3 cm³/mol. The molecule has 1 aromatic heterocycles. The lowest BCUT2D eigenvalue weighted by Gasteiger charge is -2.13. The molecule has 2 rings (SSSR count). The van der Waals surface area contributed by atoms with Crippen LogP contribution in [0.15, 0.2) is 53.3 Å². The van der Waals surface area contributed by atoms with Gasteiger partial charge in [0.25, 0.3) is 0 Å². The van der Waals surface area contributed by atoms with Gasteiger partial charge < -0.3 is 5.32 Å². The van der Waals surface area contributed by atoms with E-state index < -0.39 is 0 Å². The van der Waals surface area contributed by atoms with Crippen molar-refractivity contribution in [2.75, 3.05) is 0 Å². The summed E-state index contributed by atoms with van der Waals surface area (Å²) in [6, 6.07) is 11.9. The Kier molecular flexibility index (Phi) is 5.30. The third-order valence-electron chi connectivity index (χ3n) is 3.09. The number of amides is 1. The van der Waals surface area contributed by atoms with Crippen LogP contribution in [0.2, 0.25) is 0 Å². The minimum Gasteiger partial charge on any atom is -0.350 e. The second kappa shape index (κ2) is 7.20. The molecular formula is C16H17BrN2O. The lowest BCUT2D eigenvalue weighted by Crippen LogP contribution is -2.26. The predicted octanol–water partition coefficient (Wildman–Crippen LogP) is 3.65. The molecule has 1 N–H and O–H groups in total. The summed E-state index contributed by atoms with van der Waals surface area (Å²) in [5.74, 6) is 0.0568. The van der Waals surface area contributed by atoms with Crippen molar-refractivity contribution in [3.05, 3.63) is 64.4 Å². The summed E-state index contributed by atoms with van der Waals surface area (Å²) in [7, 11) is 0. The molecule has 1 aromatic carbocycles. The number of hydrogen-bond acceptors (Lipinski definition) is 2. The van der Waals surface area contributed by atoms with Crippen LogP contribution in [0.1, 0.15) is 30.5 Å². The molecule has 0 aliphatic rings. The first-order valence-electron chi connectivity index (χ1n) is 6.59. The number of carbonyl (C=O) groups is 1. The molecular weight excluding hydrogens is 316 g/mol. The summed E-state index contributed by atoms with van der Waals surface area (Å²) in [6.45, 7) is 1.97. The lowest BCUT2D eigenvalue weighted by atomic mass is 10.1. The highest BCUT2D eigenvalue weighted by molar-refractivity contribution is 9.10. The van der Waals surface area contributed by atoms with Gasteiger partial charge in [-0.15, -0.1) is 0 Å². The summed E-state index contributed by atoms with van der Waals surface area (Å²) >= 11 is 3.43. The van der Waals surface area contributed by atoms with Crippen molar-refractivity contribution in [1.29, 1.82) is 0 Å².